The third kappa shape index (κ3) is 5.86. The molecule has 3 aliphatic rings. The number of aromatic nitrogens is 4. The van der Waals surface area contributed by atoms with E-state index in [2.05, 4.69) is 79.7 Å². The molecule has 0 spiro atoms. The molecule has 1 atom stereocenters. The van der Waals surface area contributed by atoms with Gasteiger partial charge in [0.05, 0.1) is 29.7 Å². The van der Waals surface area contributed by atoms with Crippen LogP contribution in [0.3, 0.4) is 0 Å². The Kier molecular flexibility index (Phi) is 8.19. The molecule has 11 heteroatoms. The van der Waals surface area contributed by atoms with E-state index in [4.69, 9.17) is 14.7 Å². The summed E-state index contributed by atoms with van der Waals surface area (Å²) in [4.78, 5) is 34.8. The van der Waals surface area contributed by atoms with Crippen molar-refractivity contribution >= 4 is 39.5 Å². The van der Waals surface area contributed by atoms with E-state index in [1.807, 2.05) is 23.8 Å². The molecule has 48 heavy (non-hydrogen) atoms. The second-order valence-electron chi connectivity index (χ2n) is 13.0. The molecule has 2 aromatic carbocycles. The minimum absolute atomic E-state index is 0.248. The Bertz CT molecular complexity index is 1980. The van der Waals surface area contributed by atoms with Gasteiger partial charge in [-0.3, -0.25) is 9.69 Å². The molecule has 10 nitrogen and oxygen atoms in total. The first kappa shape index (κ1) is 30.7. The molecule has 5 aromatic rings. The molecule has 5 heterocycles. The number of fused-ring (bicyclic) bond motifs is 2. The largest absolute Gasteiger partial charge is 0.496 e. The summed E-state index contributed by atoms with van der Waals surface area (Å²) in [7, 11) is 3.88. The zero-order valence-corrected chi connectivity index (χ0v) is 28.2. The molecule has 3 fully saturated rings. The van der Waals surface area contributed by atoms with Gasteiger partial charge in [0, 0.05) is 110 Å². The average molecular weight is 661 g/mol. The van der Waals surface area contributed by atoms with Crippen LogP contribution < -0.4 is 15.0 Å². The maximum Gasteiger partial charge on any atom is 0.247 e. The van der Waals surface area contributed by atoms with Crippen molar-refractivity contribution < 1.29 is 9.53 Å². The van der Waals surface area contributed by atoms with Crippen molar-refractivity contribution in [1.82, 2.24) is 29.3 Å². The van der Waals surface area contributed by atoms with Crippen molar-refractivity contribution in [2.75, 3.05) is 63.6 Å². The lowest BCUT2D eigenvalue weighted by atomic mass is 10.0. The molecular formula is C37H40N8O2S. The summed E-state index contributed by atoms with van der Waals surface area (Å²) in [6.45, 7) is 9.64. The number of hydrogen-bond donors (Lipinski definition) is 1. The van der Waals surface area contributed by atoms with Gasteiger partial charge in [-0.2, -0.15) is 0 Å². The number of nitrogens with one attached hydrogen (secondary N) is 1. The van der Waals surface area contributed by atoms with Gasteiger partial charge >= 0.3 is 0 Å². The first-order chi connectivity index (χ1) is 23.5. The number of thiazole rings is 1. The minimum Gasteiger partial charge on any atom is -0.496 e. The van der Waals surface area contributed by atoms with Crippen molar-refractivity contribution in [1.29, 1.82) is 0 Å². The Labute approximate surface area is 284 Å². The molecule has 1 saturated carbocycles. The van der Waals surface area contributed by atoms with Gasteiger partial charge in [-0.1, -0.05) is 24.8 Å². The average Bonchev–Trinajstić information content (AvgIpc) is 3.66. The fraction of sp³-hybridized carbons (Fsp3) is 0.351. The fourth-order valence-corrected chi connectivity index (χ4v) is 7.91. The highest BCUT2D eigenvalue weighted by Gasteiger charge is 2.33. The summed E-state index contributed by atoms with van der Waals surface area (Å²) in [5.41, 5.74) is 6.68. The van der Waals surface area contributed by atoms with Gasteiger partial charge in [-0.05, 0) is 38.1 Å². The van der Waals surface area contributed by atoms with E-state index < -0.39 is 0 Å². The second kappa shape index (κ2) is 12.8. The van der Waals surface area contributed by atoms with Crippen LogP contribution in [0.2, 0.25) is 0 Å². The number of rotatable bonds is 9. The number of para-hydroxylation sites is 1. The Hall–Kier alpha value is -4.58. The smallest absolute Gasteiger partial charge is 0.247 e. The summed E-state index contributed by atoms with van der Waals surface area (Å²) >= 11 is 1.59. The summed E-state index contributed by atoms with van der Waals surface area (Å²) in [5, 5.41) is 7.14. The molecule has 2 saturated heterocycles. The van der Waals surface area contributed by atoms with Crippen molar-refractivity contribution in [2.45, 2.75) is 31.3 Å². The molecule has 0 radical (unpaired) electrons. The van der Waals surface area contributed by atoms with Crippen LogP contribution in [-0.4, -0.2) is 94.7 Å². The van der Waals surface area contributed by atoms with Crippen LogP contribution in [0.5, 0.6) is 5.75 Å². The highest BCUT2D eigenvalue weighted by atomic mass is 32.1. The van der Waals surface area contributed by atoms with Crippen LogP contribution in [0.4, 0.5) is 11.4 Å². The third-order valence-electron chi connectivity index (χ3n) is 9.86. The van der Waals surface area contributed by atoms with E-state index in [1.165, 1.54) is 29.8 Å². The van der Waals surface area contributed by atoms with Crippen LogP contribution >= 0.6 is 11.3 Å². The number of anilines is 2. The van der Waals surface area contributed by atoms with Crippen molar-refractivity contribution in [3.8, 4) is 27.6 Å². The maximum absolute atomic E-state index is 12.7. The van der Waals surface area contributed by atoms with Crippen LogP contribution in [-0.2, 0) is 11.2 Å². The topological polar surface area (TPSA) is 91.6 Å². The molecular weight excluding hydrogens is 621 g/mol. The van der Waals surface area contributed by atoms with Crippen LogP contribution in [0.25, 0.3) is 32.7 Å². The van der Waals surface area contributed by atoms with Gasteiger partial charge in [0.1, 0.15) is 16.6 Å². The molecule has 0 bridgehead atoms. The van der Waals surface area contributed by atoms with Gasteiger partial charge in [0.2, 0.25) is 5.91 Å². The van der Waals surface area contributed by atoms with Crippen molar-refractivity contribution in [3.63, 3.8) is 0 Å². The van der Waals surface area contributed by atoms with Gasteiger partial charge < -0.3 is 24.4 Å². The highest BCUT2D eigenvalue weighted by molar-refractivity contribution is 7.13. The number of benzene rings is 2. The quantitative estimate of drug-likeness (QED) is 0.201. The number of likely N-dealkylation sites (N-methyl/N-ethyl adjacent to an activating group) is 1. The van der Waals surface area contributed by atoms with E-state index in [-0.39, 0.29) is 5.91 Å². The van der Waals surface area contributed by atoms with Gasteiger partial charge in [-0.25, -0.2) is 15.0 Å². The highest BCUT2D eigenvalue weighted by Crippen LogP contribution is 2.43. The first-order valence-corrected chi connectivity index (χ1v) is 17.5. The Morgan fingerprint density at radius 2 is 1.94 bits per heavy atom. The number of methoxy groups -OCH3 is 1. The number of ether oxygens (including phenoxy) is 1. The summed E-state index contributed by atoms with van der Waals surface area (Å²) in [5.74, 6) is 1.16. The lowest BCUT2D eigenvalue weighted by Gasteiger charge is -2.47. The summed E-state index contributed by atoms with van der Waals surface area (Å²) < 4.78 is 8.41. The molecule has 8 rings (SSSR count). The lowest BCUT2D eigenvalue weighted by molar-refractivity contribution is -0.111. The van der Waals surface area contributed by atoms with Crippen LogP contribution in [0, 0.1) is 0 Å². The number of amides is 1. The SMILES string of the molecule is C=CC(=O)Nc1cc(Cc2ncc(-c3nccs3)c(-c3cn(C4CC4)c4ccccc34)n2)c(OC)cc1N1CCN2CCN(C)CC2C1. The molecule has 1 amide bonds. The number of piperazine rings is 2. The summed E-state index contributed by atoms with van der Waals surface area (Å²) in [6, 6.07) is 13.6. The molecule has 2 aliphatic heterocycles. The normalized spacial score (nSPS) is 18.5. The standard InChI is InChI=1S/C37H40N8O2S/c1-4-35(46)40-30-17-24(33(47-3)19-32(30)44-15-14-43-13-12-42(2)21-26(43)22-44)18-34-39-20-28(37-38-11-16-48-37)36(41-34)29-23-45(25-9-10-25)31-8-6-5-7-27(29)31/h4-8,11,16-17,19-20,23,25-26H,1,9-10,12-15,18,21-22H2,2-3H3,(H,40,46). The fourth-order valence-electron chi connectivity index (χ4n) is 7.26. The Balaban J connectivity index is 1.18. The second-order valence-corrected chi connectivity index (χ2v) is 13.9. The number of nitrogens with zero attached hydrogens (tertiary/aromatic N) is 7. The molecule has 246 valence electrons. The zero-order chi connectivity index (χ0) is 32.8. The maximum atomic E-state index is 12.7. The lowest BCUT2D eigenvalue weighted by Crippen LogP contribution is -2.61. The van der Waals surface area contributed by atoms with Crippen LogP contribution in [0.1, 0.15) is 30.3 Å². The number of hydrogen-bond acceptors (Lipinski definition) is 9. The van der Waals surface area contributed by atoms with Crippen molar-refractivity contribution in [3.05, 3.63) is 84.4 Å². The minimum atomic E-state index is -0.248. The number of carbonyl (C=O) groups is 1. The molecule has 3 aromatic heterocycles. The molecule has 1 unspecified atom stereocenters. The monoisotopic (exact) mass is 660 g/mol. The summed E-state index contributed by atoms with van der Waals surface area (Å²) in [6.07, 6.45) is 10.1. The predicted molar refractivity (Wildman–Crippen MR) is 192 cm³/mol. The zero-order valence-electron chi connectivity index (χ0n) is 27.4. The van der Waals surface area contributed by atoms with Crippen molar-refractivity contribution in [2.24, 2.45) is 0 Å². The number of carbonyl (C=O) groups excluding carboxylic acids is 1. The van der Waals surface area contributed by atoms with E-state index in [1.54, 1.807) is 18.4 Å². The van der Waals surface area contributed by atoms with E-state index >= 15 is 0 Å². The van der Waals surface area contributed by atoms with Gasteiger partial charge in [0.15, 0.2) is 0 Å². The van der Waals surface area contributed by atoms with E-state index in [9.17, 15) is 4.79 Å². The van der Waals surface area contributed by atoms with Gasteiger partial charge in [-0.15, -0.1) is 11.3 Å². The van der Waals surface area contributed by atoms with Crippen LogP contribution in [0.15, 0.2) is 73.0 Å². The Morgan fingerprint density at radius 3 is 2.73 bits per heavy atom. The van der Waals surface area contributed by atoms with Gasteiger partial charge in [0.25, 0.3) is 0 Å². The first-order valence-electron chi connectivity index (χ1n) is 16.7. The van der Waals surface area contributed by atoms with E-state index in [0.29, 0.717) is 24.3 Å². The molecule has 1 N–H and O–H groups in total. The molecule has 1 aliphatic carbocycles. The Morgan fingerprint density at radius 1 is 1.08 bits per heavy atom. The predicted octanol–water partition coefficient (Wildman–Crippen LogP) is 5.72. The van der Waals surface area contributed by atoms with E-state index in [0.717, 1.165) is 83.8 Å². The third-order valence-corrected chi connectivity index (χ3v) is 10.7.